The number of fused-ring (bicyclic) bond motifs is 1. The van der Waals surface area contributed by atoms with E-state index in [1.807, 2.05) is 18.2 Å². The lowest BCUT2D eigenvalue weighted by Crippen LogP contribution is -2.39. The van der Waals surface area contributed by atoms with Crippen LogP contribution >= 0.6 is 0 Å². The average molecular weight is 376 g/mol. The molecule has 2 aliphatic rings. The lowest BCUT2D eigenvalue weighted by atomic mass is 10.0. The molecule has 1 unspecified atom stereocenters. The molecule has 2 heterocycles. The molecule has 1 aromatic rings. The van der Waals surface area contributed by atoms with Crippen LogP contribution in [-0.4, -0.2) is 60.8 Å². The fourth-order valence-corrected chi connectivity index (χ4v) is 3.49. The Morgan fingerprint density at radius 3 is 3.04 bits per heavy atom. The predicted octanol–water partition coefficient (Wildman–Crippen LogP) is 1.73. The third-order valence-electron chi connectivity index (χ3n) is 4.95. The Bertz CT molecular complexity index is 658. The standard InChI is InChI=1S/C20H28N2O5/c23-10-9-22(14-17-3-1-11-27-17)20(25)4-2-12-26-16-6-7-18-15(13-16)5-8-19(24)21-18/h6-7,13,17,23H,1-5,8-12,14H2,(H,21,24). The van der Waals surface area contributed by atoms with Gasteiger partial charge in [0.15, 0.2) is 0 Å². The van der Waals surface area contributed by atoms with E-state index < -0.39 is 0 Å². The van der Waals surface area contributed by atoms with Gasteiger partial charge in [-0.05, 0) is 49.4 Å². The van der Waals surface area contributed by atoms with Crippen LogP contribution in [0.2, 0.25) is 0 Å². The van der Waals surface area contributed by atoms with Crippen molar-refractivity contribution in [2.24, 2.45) is 0 Å². The monoisotopic (exact) mass is 376 g/mol. The number of carbonyl (C=O) groups excluding carboxylic acids is 2. The van der Waals surface area contributed by atoms with Crippen molar-refractivity contribution in [1.82, 2.24) is 4.90 Å². The van der Waals surface area contributed by atoms with Gasteiger partial charge in [0.05, 0.1) is 19.3 Å². The number of hydrogen-bond donors (Lipinski definition) is 2. The Morgan fingerprint density at radius 2 is 2.26 bits per heavy atom. The Labute approximate surface area is 159 Å². The number of carbonyl (C=O) groups is 2. The second-order valence-corrected chi connectivity index (χ2v) is 7.02. The number of aryl methyl sites for hydroxylation is 1. The lowest BCUT2D eigenvalue weighted by molar-refractivity contribution is -0.133. The number of benzene rings is 1. The van der Waals surface area contributed by atoms with E-state index in [9.17, 15) is 14.7 Å². The van der Waals surface area contributed by atoms with Gasteiger partial charge in [-0.25, -0.2) is 0 Å². The minimum Gasteiger partial charge on any atom is -0.494 e. The highest BCUT2D eigenvalue weighted by atomic mass is 16.5. The molecular formula is C20H28N2O5. The first-order valence-electron chi connectivity index (χ1n) is 9.71. The molecule has 7 nitrogen and oxygen atoms in total. The number of anilines is 1. The Kier molecular flexibility index (Phi) is 7.06. The van der Waals surface area contributed by atoms with Crippen LogP contribution < -0.4 is 10.1 Å². The summed E-state index contributed by atoms with van der Waals surface area (Å²) in [5.41, 5.74) is 1.93. The minimum absolute atomic E-state index is 0.0244. The molecule has 0 bridgehead atoms. The zero-order valence-corrected chi connectivity index (χ0v) is 15.6. The molecule has 0 aliphatic carbocycles. The summed E-state index contributed by atoms with van der Waals surface area (Å²) >= 11 is 0. The summed E-state index contributed by atoms with van der Waals surface area (Å²) < 4.78 is 11.4. The predicted molar refractivity (Wildman–Crippen MR) is 101 cm³/mol. The van der Waals surface area contributed by atoms with Crippen LogP contribution in [0.15, 0.2) is 18.2 Å². The largest absolute Gasteiger partial charge is 0.494 e. The second-order valence-electron chi connectivity index (χ2n) is 7.02. The molecule has 7 heteroatoms. The summed E-state index contributed by atoms with van der Waals surface area (Å²) in [6.45, 7) is 2.06. The molecule has 3 rings (SSSR count). The number of nitrogens with zero attached hydrogens (tertiary/aromatic N) is 1. The maximum absolute atomic E-state index is 12.4. The highest BCUT2D eigenvalue weighted by Gasteiger charge is 2.22. The van der Waals surface area contributed by atoms with Gasteiger partial charge in [0.1, 0.15) is 5.75 Å². The van der Waals surface area contributed by atoms with Gasteiger partial charge >= 0.3 is 0 Å². The van der Waals surface area contributed by atoms with Crippen molar-refractivity contribution in [2.75, 3.05) is 38.2 Å². The third kappa shape index (κ3) is 5.68. The van der Waals surface area contributed by atoms with Gasteiger partial charge in [0.25, 0.3) is 0 Å². The quantitative estimate of drug-likeness (QED) is 0.641. The summed E-state index contributed by atoms with van der Waals surface area (Å²) in [6.07, 6.45) is 4.30. The molecule has 0 aromatic heterocycles. The molecule has 2 N–H and O–H groups in total. The number of amides is 2. The van der Waals surface area contributed by atoms with E-state index in [-0.39, 0.29) is 24.5 Å². The maximum Gasteiger partial charge on any atom is 0.224 e. The number of aliphatic hydroxyl groups excluding tert-OH is 1. The first-order valence-corrected chi connectivity index (χ1v) is 9.71. The molecule has 0 spiro atoms. The summed E-state index contributed by atoms with van der Waals surface area (Å²) in [7, 11) is 0. The van der Waals surface area contributed by atoms with E-state index in [1.165, 1.54) is 0 Å². The Balaban J connectivity index is 1.42. The topological polar surface area (TPSA) is 88.1 Å². The Morgan fingerprint density at radius 1 is 1.37 bits per heavy atom. The number of nitrogens with one attached hydrogen (secondary N) is 1. The van der Waals surface area contributed by atoms with Gasteiger partial charge in [0.2, 0.25) is 11.8 Å². The van der Waals surface area contributed by atoms with E-state index in [2.05, 4.69) is 5.32 Å². The summed E-state index contributed by atoms with van der Waals surface area (Å²) in [5, 5.41) is 12.1. The van der Waals surface area contributed by atoms with Crippen molar-refractivity contribution in [1.29, 1.82) is 0 Å². The average Bonchev–Trinajstić information content (AvgIpc) is 3.18. The van der Waals surface area contributed by atoms with Crippen LogP contribution in [0.25, 0.3) is 0 Å². The van der Waals surface area contributed by atoms with E-state index in [1.54, 1.807) is 4.90 Å². The molecule has 27 heavy (non-hydrogen) atoms. The van der Waals surface area contributed by atoms with Crippen LogP contribution in [-0.2, 0) is 20.7 Å². The second kappa shape index (κ2) is 9.71. The van der Waals surface area contributed by atoms with E-state index in [0.29, 0.717) is 39.0 Å². The van der Waals surface area contributed by atoms with Crippen molar-refractivity contribution >= 4 is 17.5 Å². The number of rotatable bonds is 9. The van der Waals surface area contributed by atoms with Crippen molar-refractivity contribution in [3.05, 3.63) is 23.8 Å². The molecule has 1 atom stereocenters. The van der Waals surface area contributed by atoms with E-state index in [0.717, 1.165) is 42.9 Å². The summed E-state index contributed by atoms with van der Waals surface area (Å²) in [5.74, 6) is 0.824. The number of aliphatic hydroxyl groups is 1. The highest BCUT2D eigenvalue weighted by molar-refractivity contribution is 5.94. The van der Waals surface area contributed by atoms with E-state index >= 15 is 0 Å². The zero-order valence-electron chi connectivity index (χ0n) is 15.6. The molecule has 148 valence electrons. The van der Waals surface area contributed by atoms with Crippen LogP contribution in [0.3, 0.4) is 0 Å². The van der Waals surface area contributed by atoms with Gasteiger partial charge in [-0.1, -0.05) is 0 Å². The third-order valence-corrected chi connectivity index (χ3v) is 4.95. The number of ether oxygens (including phenoxy) is 2. The normalized spacial score (nSPS) is 18.7. The van der Waals surface area contributed by atoms with Gasteiger partial charge < -0.3 is 24.8 Å². The van der Waals surface area contributed by atoms with Gasteiger partial charge in [-0.3, -0.25) is 9.59 Å². The van der Waals surface area contributed by atoms with Crippen molar-refractivity contribution < 1.29 is 24.2 Å². The fraction of sp³-hybridized carbons (Fsp3) is 0.600. The maximum atomic E-state index is 12.4. The van der Waals surface area contributed by atoms with Gasteiger partial charge in [-0.15, -0.1) is 0 Å². The van der Waals surface area contributed by atoms with E-state index in [4.69, 9.17) is 9.47 Å². The van der Waals surface area contributed by atoms with Gasteiger partial charge in [0, 0.05) is 38.2 Å². The SMILES string of the molecule is O=C1CCc2cc(OCCCC(=O)N(CCO)CC3CCCO3)ccc2N1. The zero-order chi connectivity index (χ0) is 19.1. The molecule has 1 aromatic carbocycles. The molecule has 2 amide bonds. The Hall–Kier alpha value is -2.12. The van der Waals surface area contributed by atoms with Crippen molar-refractivity contribution in [2.45, 2.75) is 44.6 Å². The molecule has 0 radical (unpaired) electrons. The highest BCUT2D eigenvalue weighted by Crippen LogP contribution is 2.26. The van der Waals surface area contributed by atoms with Crippen molar-refractivity contribution in [3.63, 3.8) is 0 Å². The van der Waals surface area contributed by atoms with Crippen LogP contribution in [0.1, 0.15) is 37.7 Å². The molecule has 0 saturated carbocycles. The molecule has 1 fully saturated rings. The minimum atomic E-state index is -0.0410. The number of hydrogen-bond acceptors (Lipinski definition) is 5. The molecular weight excluding hydrogens is 348 g/mol. The fourth-order valence-electron chi connectivity index (χ4n) is 3.49. The van der Waals surface area contributed by atoms with Gasteiger partial charge in [-0.2, -0.15) is 0 Å². The summed E-state index contributed by atoms with van der Waals surface area (Å²) in [6, 6.07) is 5.64. The van der Waals surface area contributed by atoms with Crippen LogP contribution in [0.4, 0.5) is 5.69 Å². The molecule has 2 aliphatic heterocycles. The smallest absolute Gasteiger partial charge is 0.224 e. The summed E-state index contributed by atoms with van der Waals surface area (Å²) in [4.78, 5) is 25.5. The van der Waals surface area contributed by atoms with Crippen molar-refractivity contribution in [3.8, 4) is 5.75 Å². The first kappa shape index (κ1) is 19.6. The van der Waals surface area contributed by atoms with Crippen LogP contribution in [0.5, 0.6) is 5.75 Å². The molecule has 1 saturated heterocycles. The van der Waals surface area contributed by atoms with Crippen LogP contribution in [0, 0.1) is 0 Å². The first-order chi connectivity index (χ1) is 13.2. The lowest BCUT2D eigenvalue weighted by Gasteiger charge is -2.24.